The van der Waals surface area contributed by atoms with Crippen molar-refractivity contribution < 1.29 is 0 Å². The van der Waals surface area contributed by atoms with Gasteiger partial charge in [0.1, 0.15) is 0 Å². The quantitative estimate of drug-likeness (QED) is 0.668. The van der Waals surface area contributed by atoms with Gasteiger partial charge in [-0.25, -0.2) is 0 Å². The Morgan fingerprint density at radius 2 is 1.67 bits per heavy atom. The van der Waals surface area contributed by atoms with Crippen LogP contribution >= 0.6 is 46.4 Å². The Bertz CT molecular complexity index is 607. The van der Waals surface area contributed by atoms with Crippen LogP contribution in [-0.2, 0) is 6.42 Å². The largest absolute Gasteiger partial charge is 0.310 e. The Morgan fingerprint density at radius 3 is 2.29 bits per heavy atom. The Kier molecular flexibility index (Phi) is 6.21. The molecule has 0 spiro atoms. The minimum atomic E-state index is 0.0715. The van der Waals surface area contributed by atoms with E-state index in [2.05, 4.69) is 12.2 Å². The molecule has 1 N–H and O–H groups in total. The summed E-state index contributed by atoms with van der Waals surface area (Å²) in [4.78, 5) is 0. The third kappa shape index (κ3) is 4.51. The van der Waals surface area contributed by atoms with Crippen LogP contribution in [0.1, 0.15) is 24.1 Å². The average molecular weight is 363 g/mol. The average Bonchev–Trinajstić information content (AvgIpc) is 2.42. The Balaban J connectivity index is 2.32. The fourth-order valence-corrected chi connectivity index (χ4v) is 3.20. The highest BCUT2D eigenvalue weighted by atomic mass is 35.5. The van der Waals surface area contributed by atoms with E-state index in [4.69, 9.17) is 46.4 Å². The van der Waals surface area contributed by atoms with Gasteiger partial charge in [-0.1, -0.05) is 65.5 Å². The molecule has 1 unspecified atom stereocenters. The highest BCUT2D eigenvalue weighted by molar-refractivity contribution is 6.42. The minimum absolute atomic E-state index is 0.0715. The zero-order valence-corrected chi connectivity index (χ0v) is 14.5. The van der Waals surface area contributed by atoms with Crippen LogP contribution in [0, 0.1) is 0 Å². The maximum atomic E-state index is 6.28. The van der Waals surface area contributed by atoms with E-state index < -0.39 is 0 Å². The predicted molar refractivity (Wildman–Crippen MR) is 93.0 cm³/mol. The van der Waals surface area contributed by atoms with Crippen molar-refractivity contribution in [3.05, 3.63) is 67.6 Å². The van der Waals surface area contributed by atoms with Crippen LogP contribution in [0.3, 0.4) is 0 Å². The molecule has 2 aromatic rings. The van der Waals surface area contributed by atoms with Crippen LogP contribution in [-0.4, -0.2) is 6.54 Å². The van der Waals surface area contributed by atoms with Crippen LogP contribution < -0.4 is 5.32 Å². The van der Waals surface area contributed by atoms with Crippen molar-refractivity contribution in [3.63, 3.8) is 0 Å². The topological polar surface area (TPSA) is 12.0 Å². The van der Waals surface area contributed by atoms with Gasteiger partial charge in [0.2, 0.25) is 0 Å². The summed E-state index contributed by atoms with van der Waals surface area (Å²) in [5.74, 6) is 0. The molecule has 0 aliphatic heterocycles. The van der Waals surface area contributed by atoms with Crippen LogP contribution in [0.15, 0.2) is 36.4 Å². The van der Waals surface area contributed by atoms with Crippen molar-refractivity contribution in [2.45, 2.75) is 19.4 Å². The van der Waals surface area contributed by atoms with Gasteiger partial charge < -0.3 is 5.32 Å². The number of nitrogens with one attached hydrogen (secondary N) is 1. The maximum Gasteiger partial charge on any atom is 0.0624 e. The van der Waals surface area contributed by atoms with E-state index in [0.717, 1.165) is 17.7 Å². The van der Waals surface area contributed by atoms with Crippen molar-refractivity contribution in [1.82, 2.24) is 5.32 Å². The summed E-state index contributed by atoms with van der Waals surface area (Å²) in [6.07, 6.45) is 0.712. The van der Waals surface area contributed by atoms with E-state index in [1.807, 2.05) is 24.3 Å². The first-order valence-electron chi connectivity index (χ1n) is 6.63. The van der Waals surface area contributed by atoms with Gasteiger partial charge in [0.25, 0.3) is 0 Å². The molecule has 21 heavy (non-hydrogen) atoms. The van der Waals surface area contributed by atoms with E-state index in [-0.39, 0.29) is 6.04 Å². The van der Waals surface area contributed by atoms with Crippen LogP contribution in [0.2, 0.25) is 20.1 Å². The van der Waals surface area contributed by atoms with E-state index in [1.54, 1.807) is 12.1 Å². The molecule has 0 aromatic heterocycles. The first-order valence-corrected chi connectivity index (χ1v) is 8.14. The van der Waals surface area contributed by atoms with E-state index in [9.17, 15) is 0 Å². The third-order valence-corrected chi connectivity index (χ3v) is 4.49. The van der Waals surface area contributed by atoms with Crippen LogP contribution in [0.25, 0.3) is 0 Å². The fourth-order valence-electron chi connectivity index (χ4n) is 2.26. The van der Waals surface area contributed by atoms with Gasteiger partial charge in [-0.2, -0.15) is 0 Å². The molecule has 0 saturated carbocycles. The minimum Gasteiger partial charge on any atom is -0.310 e. The summed E-state index contributed by atoms with van der Waals surface area (Å²) < 4.78 is 0. The van der Waals surface area contributed by atoms with Gasteiger partial charge in [0, 0.05) is 16.1 Å². The fraction of sp³-hybridized carbons (Fsp3) is 0.250. The van der Waals surface area contributed by atoms with Crippen molar-refractivity contribution in [2.24, 2.45) is 0 Å². The Labute approximate surface area is 145 Å². The molecule has 0 radical (unpaired) electrons. The van der Waals surface area contributed by atoms with E-state index in [0.29, 0.717) is 26.5 Å². The Morgan fingerprint density at radius 1 is 1.00 bits per heavy atom. The van der Waals surface area contributed by atoms with Crippen LogP contribution in [0.4, 0.5) is 0 Å². The number of rotatable bonds is 5. The second kappa shape index (κ2) is 7.71. The lowest BCUT2D eigenvalue weighted by atomic mass is 9.98. The summed E-state index contributed by atoms with van der Waals surface area (Å²) in [6.45, 7) is 2.88. The molecule has 2 aromatic carbocycles. The molecule has 0 amide bonds. The van der Waals surface area contributed by atoms with Crippen molar-refractivity contribution in [3.8, 4) is 0 Å². The zero-order chi connectivity index (χ0) is 15.4. The first kappa shape index (κ1) is 16.9. The molecular weight excluding hydrogens is 348 g/mol. The normalized spacial score (nSPS) is 12.4. The summed E-state index contributed by atoms with van der Waals surface area (Å²) in [5.41, 5.74) is 2.02. The molecular formula is C16H15Cl4N. The lowest BCUT2D eigenvalue weighted by Gasteiger charge is -2.20. The summed E-state index contributed by atoms with van der Waals surface area (Å²) in [5, 5.41) is 5.83. The summed E-state index contributed by atoms with van der Waals surface area (Å²) in [6, 6.07) is 11.3. The van der Waals surface area contributed by atoms with Crippen molar-refractivity contribution >= 4 is 46.4 Å². The summed E-state index contributed by atoms with van der Waals surface area (Å²) in [7, 11) is 0. The van der Waals surface area contributed by atoms with Gasteiger partial charge in [-0.05, 0) is 48.4 Å². The molecule has 2 rings (SSSR count). The van der Waals surface area contributed by atoms with E-state index >= 15 is 0 Å². The third-order valence-electron chi connectivity index (χ3n) is 3.19. The highest BCUT2D eigenvalue weighted by Crippen LogP contribution is 2.31. The van der Waals surface area contributed by atoms with Crippen LogP contribution in [0.5, 0.6) is 0 Å². The van der Waals surface area contributed by atoms with Gasteiger partial charge in [-0.15, -0.1) is 0 Å². The maximum absolute atomic E-state index is 6.28. The lowest BCUT2D eigenvalue weighted by molar-refractivity contribution is 0.550. The Hall–Kier alpha value is -0.440. The summed E-state index contributed by atoms with van der Waals surface area (Å²) >= 11 is 24.5. The number of halogens is 4. The van der Waals surface area contributed by atoms with Gasteiger partial charge in [0.15, 0.2) is 0 Å². The van der Waals surface area contributed by atoms with Gasteiger partial charge in [0.05, 0.1) is 10.0 Å². The van der Waals surface area contributed by atoms with Gasteiger partial charge >= 0.3 is 0 Å². The highest BCUT2D eigenvalue weighted by Gasteiger charge is 2.15. The van der Waals surface area contributed by atoms with E-state index in [1.165, 1.54) is 0 Å². The van der Waals surface area contributed by atoms with Gasteiger partial charge in [-0.3, -0.25) is 0 Å². The molecule has 1 atom stereocenters. The molecule has 5 heteroatoms. The molecule has 0 aliphatic rings. The molecule has 0 aliphatic carbocycles. The smallest absolute Gasteiger partial charge is 0.0624 e. The zero-order valence-electron chi connectivity index (χ0n) is 11.5. The number of likely N-dealkylation sites (N-methyl/N-ethyl adjacent to an activating group) is 1. The van der Waals surface area contributed by atoms with Crippen molar-refractivity contribution in [1.29, 1.82) is 0 Å². The van der Waals surface area contributed by atoms with Crippen molar-refractivity contribution in [2.75, 3.05) is 6.54 Å². The first-order chi connectivity index (χ1) is 10.0. The second-order valence-corrected chi connectivity index (χ2v) is 6.39. The molecule has 0 heterocycles. The molecule has 0 fully saturated rings. The monoisotopic (exact) mass is 361 g/mol. The lowest BCUT2D eigenvalue weighted by Crippen LogP contribution is -2.23. The number of hydrogen-bond acceptors (Lipinski definition) is 1. The molecule has 1 nitrogen and oxygen atoms in total. The standard InChI is InChI=1S/C16H15Cl4N/c1-2-21-15(11-6-12(17)9-13(18)7-11)8-10-4-3-5-14(19)16(10)20/h3-7,9,15,21H,2,8H2,1H3. The SMILES string of the molecule is CCNC(Cc1cccc(Cl)c1Cl)c1cc(Cl)cc(Cl)c1. The molecule has 112 valence electrons. The predicted octanol–water partition coefficient (Wildman–Crippen LogP) is 6.19. The second-order valence-electron chi connectivity index (χ2n) is 4.73. The number of hydrogen-bond donors (Lipinski definition) is 1. The molecule has 0 bridgehead atoms. The molecule has 0 saturated heterocycles. The number of benzene rings is 2.